The van der Waals surface area contributed by atoms with E-state index in [0.29, 0.717) is 0 Å². The highest BCUT2D eigenvalue weighted by Gasteiger charge is 2.46. The SMILES string of the molecule is COC(=O)[C@H]1OC(CO)C(O)C(O)C1O. The number of ether oxygens (including phenoxy) is 2. The molecule has 0 aromatic heterocycles. The summed E-state index contributed by atoms with van der Waals surface area (Å²) in [6.45, 7) is -0.571. The molecular weight excluding hydrogens is 208 g/mol. The van der Waals surface area contributed by atoms with Gasteiger partial charge in [0, 0.05) is 0 Å². The Morgan fingerprint density at radius 2 is 1.87 bits per heavy atom. The number of hydrogen-bond acceptors (Lipinski definition) is 7. The summed E-state index contributed by atoms with van der Waals surface area (Å²) in [7, 11) is 1.10. The molecular formula is C8H14O7. The average Bonchev–Trinajstić information content (AvgIpc) is 2.25. The molecule has 0 aromatic carbocycles. The Kier molecular flexibility index (Phi) is 4.00. The molecule has 7 nitrogen and oxygen atoms in total. The van der Waals surface area contributed by atoms with Crippen LogP contribution in [0.3, 0.4) is 0 Å². The Bertz CT molecular complexity index is 229. The minimum Gasteiger partial charge on any atom is -0.467 e. The monoisotopic (exact) mass is 222 g/mol. The summed E-state index contributed by atoms with van der Waals surface area (Å²) in [4.78, 5) is 11.1. The molecule has 15 heavy (non-hydrogen) atoms. The molecule has 0 spiro atoms. The van der Waals surface area contributed by atoms with Crippen molar-refractivity contribution < 1.29 is 34.7 Å². The van der Waals surface area contributed by atoms with Crippen LogP contribution in [0.25, 0.3) is 0 Å². The van der Waals surface area contributed by atoms with Crippen molar-refractivity contribution in [3.05, 3.63) is 0 Å². The van der Waals surface area contributed by atoms with Crippen molar-refractivity contribution in [3.8, 4) is 0 Å². The third-order valence-electron chi connectivity index (χ3n) is 2.33. The number of esters is 1. The predicted molar refractivity (Wildman–Crippen MR) is 45.8 cm³/mol. The molecule has 1 fully saturated rings. The molecule has 4 unspecified atom stereocenters. The summed E-state index contributed by atoms with van der Waals surface area (Å²) in [6.07, 6.45) is -7.08. The van der Waals surface area contributed by atoms with Gasteiger partial charge in [-0.3, -0.25) is 0 Å². The standard InChI is InChI=1S/C8H14O7/c1-14-8(13)7-6(12)5(11)4(10)3(2-9)15-7/h3-7,9-12H,2H2,1H3/t3?,4?,5?,6?,7-/m0/s1. The van der Waals surface area contributed by atoms with Gasteiger partial charge in [0.2, 0.25) is 0 Å². The first-order valence-electron chi connectivity index (χ1n) is 4.41. The van der Waals surface area contributed by atoms with Gasteiger partial charge in [-0.15, -0.1) is 0 Å². The van der Waals surface area contributed by atoms with Gasteiger partial charge in [-0.1, -0.05) is 0 Å². The Hall–Kier alpha value is -0.730. The summed E-state index contributed by atoms with van der Waals surface area (Å²) < 4.78 is 9.24. The van der Waals surface area contributed by atoms with E-state index in [1.807, 2.05) is 0 Å². The van der Waals surface area contributed by atoms with Gasteiger partial charge in [0.15, 0.2) is 6.10 Å². The molecule has 88 valence electrons. The number of aliphatic hydroxyl groups is 4. The van der Waals surface area contributed by atoms with Gasteiger partial charge in [-0.2, -0.15) is 0 Å². The Labute approximate surface area is 85.9 Å². The zero-order valence-corrected chi connectivity index (χ0v) is 8.11. The van der Waals surface area contributed by atoms with Crippen LogP contribution in [0, 0.1) is 0 Å². The molecule has 0 aromatic rings. The fourth-order valence-electron chi connectivity index (χ4n) is 1.41. The van der Waals surface area contributed by atoms with Gasteiger partial charge >= 0.3 is 5.97 Å². The van der Waals surface area contributed by atoms with Gasteiger partial charge < -0.3 is 29.9 Å². The molecule has 0 saturated carbocycles. The largest absolute Gasteiger partial charge is 0.467 e. The molecule has 1 rings (SSSR count). The fourth-order valence-corrected chi connectivity index (χ4v) is 1.41. The van der Waals surface area contributed by atoms with Gasteiger partial charge in [-0.25, -0.2) is 4.79 Å². The molecule has 0 bridgehead atoms. The number of carbonyl (C=O) groups is 1. The number of methoxy groups -OCH3 is 1. The predicted octanol–water partition coefficient (Wildman–Crippen LogP) is -3.00. The minimum absolute atomic E-state index is 0.571. The van der Waals surface area contributed by atoms with Gasteiger partial charge in [0.1, 0.15) is 24.4 Å². The molecule has 1 saturated heterocycles. The van der Waals surface area contributed by atoms with E-state index in [0.717, 1.165) is 7.11 Å². The van der Waals surface area contributed by atoms with Crippen molar-refractivity contribution >= 4 is 5.97 Å². The van der Waals surface area contributed by atoms with Crippen LogP contribution < -0.4 is 0 Å². The smallest absolute Gasteiger partial charge is 0.337 e. The highest BCUT2D eigenvalue weighted by Crippen LogP contribution is 2.21. The second-order valence-corrected chi connectivity index (χ2v) is 3.27. The average molecular weight is 222 g/mol. The molecule has 1 heterocycles. The van der Waals surface area contributed by atoms with Crippen LogP contribution in [0.15, 0.2) is 0 Å². The highest BCUT2D eigenvalue weighted by atomic mass is 16.6. The maximum Gasteiger partial charge on any atom is 0.337 e. The Morgan fingerprint density at radius 1 is 1.27 bits per heavy atom. The quantitative estimate of drug-likeness (QED) is 0.368. The van der Waals surface area contributed by atoms with Crippen molar-refractivity contribution in [3.63, 3.8) is 0 Å². The lowest BCUT2D eigenvalue weighted by molar-refractivity contribution is -0.234. The Morgan fingerprint density at radius 3 is 2.33 bits per heavy atom. The van der Waals surface area contributed by atoms with E-state index in [1.165, 1.54) is 0 Å². The number of hydrogen-bond donors (Lipinski definition) is 4. The first-order chi connectivity index (χ1) is 7.02. The van der Waals surface area contributed by atoms with E-state index in [-0.39, 0.29) is 0 Å². The van der Waals surface area contributed by atoms with Gasteiger partial charge in [-0.05, 0) is 0 Å². The lowest BCUT2D eigenvalue weighted by atomic mass is 9.95. The van der Waals surface area contributed by atoms with E-state index >= 15 is 0 Å². The van der Waals surface area contributed by atoms with E-state index in [2.05, 4.69) is 4.74 Å². The van der Waals surface area contributed by atoms with Crippen molar-refractivity contribution in [1.82, 2.24) is 0 Å². The van der Waals surface area contributed by atoms with Crippen LogP contribution in [0.4, 0.5) is 0 Å². The van der Waals surface area contributed by atoms with Gasteiger partial charge in [0.05, 0.1) is 13.7 Å². The lowest BCUT2D eigenvalue weighted by Gasteiger charge is -2.38. The number of aliphatic hydroxyl groups excluding tert-OH is 4. The first-order valence-corrected chi connectivity index (χ1v) is 4.41. The first kappa shape index (κ1) is 12.3. The van der Waals surface area contributed by atoms with E-state index < -0.39 is 43.1 Å². The maximum absolute atomic E-state index is 11.1. The Balaban J connectivity index is 2.78. The van der Waals surface area contributed by atoms with Crippen LogP contribution in [0.5, 0.6) is 0 Å². The second kappa shape index (κ2) is 4.86. The highest BCUT2D eigenvalue weighted by molar-refractivity contribution is 5.75. The molecule has 0 aliphatic carbocycles. The molecule has 0 amide bonds. The van der Waals surface area contributed by atoms with E-state index in [4.69, 9.17) is 9.84 Å². The summed E-state index contributed by atoms with van der Waals surface area (Å²) in [5, 5.41) is 36.9. The zero-order chi connectivity index (χ0) is 11.6. The van der Waals surface area contributed by atoms with Crippen LogP contribution in [-0.4, -0.2) is 70.6 Å². The molecule has 5 atom stereocenters. The molecule has 0 radical (unpaired) electrons. The normalized spacial score (nSPS) is 41.3. The van der Waals surface area contributed by atoms with Crippen LogP contribution in [0.2, 0.25) is 0 Å². The van der Waals surface area contributed by atoms with Crippen molar-refractivity contribution in [1.29, 1.82) is 0 Å². The van der Waals surface area contributed by atoms with E-state index in [9.17, 15) is 20.1 Å². The topological polar surface area (TPSA) is 116 Å². The molecule has 7 heteroatoms. The minimum atomic E-state index is -1.57. The lowest BCUT2D eigenvalue weighted by Crippen LogP contribution is -2.60. The summed E-state index contributed by atoms with van der Waals surface area (Å²) >= 11 is 0. The summed E-state index contributed by atoms with van der Waals surface area (Å²) in [5.41, 5.74) is 0. The molecule has 1 aliphatic heterocycles. The number of rotatable bonds is 2. The third kappa shape index (κ3) is 2.27. The van der Waals surface area contributed by atoms with Crippen molar-refractivity contribution in [2.45, 2.75) is 30.5 Å². The van der Waals surface area contributed by atoms with Crippen LogP contribution in [-0.2, 0) is 14.3 Å². The van der Waals surface area contributed by atoms with Crippen LogP contribution in [0.1, 0.15) is 0 Å². The zero-order valence-electron chi connectivity index (χ0n) is 8.11. The molecule has 1 aliphatic rings. The van der Waals surface area contributed by atoms with Crippen molar-refractivity contribution in [2.75, 3.05) is 13.7 Å². The van der Waals surface area contributed by atoms with Crippen LogP contribution >= 0.6 is 0 Å². The number of carbonyl (C=O) groups excluding carboxylic acids is 1. The third-order valence-corrected chi connectivity index (χ3v) is 2.33. The summed E-state index contributed by atoms with van der Waals surface area (Å²) in [5.74, 6) is -0.869. The van der Waals surface area contributed by atoms with Crippen molar-refractivity contribution in [2.24, 2.45) is 0 Å². The second-order valence-electron chi connectivity index (χ2n) is 3.27. The maximum atomic E-state index is 11.1. The van der Waals surface area contributed by atoms with Gasteiger partial charge in [0.25, 0.3) is 0 Å². The summed E-state index contributed by atoms with van der Waals surface area (Å²) in [6, 6.07) is 0. The fraction of sp³-hybridized carbons (Fsp3) is 0.875. The van der Waals surface area contributed by atoms with E-state index in [1.54, 1.807) is 0 Å². The molecule has 4 N–H and O–H groups in total.